The lowest BCUT2D eigenvalue weighted by molar-refractivity contribution is -0.330. The summed E-state index contributed by atoms with van der Waals surface area (Å²) in [6.45, 7) is 11.6. The van der Waals surface area contributed by atoms with Crippen molar-refractivity contribution in [2.45, 2.75) is 78.0 Å². The molecule has 0 aromatic carbocycles. The monoisotopic (exact) mass is 294 g/mol. The van der Waals surface area contributed by atoms with E-state index in [-0.39, 0.29) is 11.7 Å². The first-order valence-electron chi connectivity index (χ1n) is 8.61. The van der Waals surface area contributed by atoms with Crippen LogP contribution in [0.1, 0.15) is 60.3 Å². The van der Waals surface area contributed by atoms with Crippen molar-refractivity contribution in [3.63, 3.8) is 0 Å². The highest BCUT2D eigenvalue weighted by molar-refractivity contribution is 5.21. The van der Waals surface area contributed by atoms with Crippen molar-refractivity contribution in [1.82, 2.24) is 0 Å². The van der Waals surface area contributed by atoms with Crippen LogP contribution in [0.25, 0.3) is 0 Å². The van der Waals surface area contributed by atoms with Crippen molar-refractivity contribution in [3.8, 4) is 0 Å². The second-order valence-electron chi connectivity index (χ2n) is 9.01. The Morgan fingerprint density at radius 2 is 1.71 bits per heavy atom. The van der Waals surface area contributed by atoms with Gasteiger partial charge in [-0.1, -0.05) is 20.8 Å². The highest BCUT2D eigenvalue weighted by Gasteiger charge is 2.74. The summed E-state index contributed by atoms with van der Waals surface area (Å²) in [6.07, 6.45) is 5.39. The van der Waals surface area contributed by atoms with Crippen LogP contribution in [0.5, 0.6) is 0 Å². The van der Waals surface area contributed by atoms with Crippen molar-refractivity contribution in [3.05, 3.63) is 0 Å². The molecule has 21 heavy (non-hydrogen) atoms. The Kier molecular flexibility index (Phi) is 2.66. The third-order valence-corrected chi connectivity index (χ3v) is 7.97. The van der Waals surface area contributed by atoms with Crippen LogP contribution in [0.3, 0.4) is 0 Å². The van der Waals surface area contributed by atoms with Crippen LogP contribution in [0, 0.1) is 28.6 Å². The maximum atomic E-state index is 6.41. The molecule has 2 bridgehead atoms. The number of methoxy groups -OCH3 is 1. The van der Waals surface area contributed by atoms with Crippen LogP contribution < -0.4 is 0 Å². The normalized spacial score (nSPS) is 60.9. The SMILES string of the molecule is COC1(C)O[C@H]2C[C@@]34C[C@H](C(C)(C)[C@@H]3CC[C@H]4C)[C@@]2(C)O1. The summed E-state index contributed by atoms with van der Waals surface area (Å²) in [5.41, 5.74) is 0.598. The van der Waals surface area contributed by atoms with Crippen LogP contribution in [0.4, 0.5) is 0 Å². The topological polar surface area (TPSA) is 27.7 Å². The van der Waals surface area contributed by atoms with E-state index in [9.17, 15) is 0 Å². The van der Waals surface area contributed by atoms with E-state index < -0.39 is 5.97 Å². The minimum atomic E-state index is -0.867. The largest absolute Gasteiger partial charge is 0.331 e. The van der Waals surface area contributed by atoms with Crippen molar-refractivity contribution in [2.75, 3.05) is 7.11 Å². The molecule has 4 fully saturated rings. The molecule has 0 amide bonds. The van der Waals surface area contributed by atoms with E-state index in [2.05, 4.69) is 27.7 Å². The summed E-state index contributed by atoms with van der Waals surface area (Å²) in [4.78, 5) is 0. The van der Waals surface area contributed by atoms with Crippen LogP contribution >= 0.6 is 0 Å². The molecule has 3 saturated carbocycles. The Bertz CT molecular complexity index is 475. The van der Waals surface area contributed by atoms with E-state index in [4.69, 9.17) is 14.2 Å². The fourth-order valence-electron chi connectivity index (χ4n) is 6.88. The molecule has 3 aliphatic carbocycles. The number of ether oxygens (including phenoxy) is 3. The lowest BCUT2D eigenvalue weighted by atomic mass is 9.63. The maximum Gasteiger partial charge on any atom is 0.280 e. The van der Waals surface area contributed by atoms with Gasteiger partial charge in [-0.15, -0.1) is 0 Å². The summed E-state index contributed by atoms with van der Waals surface area (Å²) in [5, 5.41) is 0. The van der Waals surface area contributed by atoms with Gasteiger partial charge in [-0.05, 0) is 61.2 Å². The molecule has 0 aromatic rings. The van der Waals surface area contributed by atoms with Crippen molar-refractivity contribution >= 4 is 0 Å². The molecule has 0 aromatic heterocycles. The molecule has 0 radical (unpaired) electrons. The van der Waals surface area contributed by atoms with E-state index in [1.54, 1.807) is 7.11 Å². The van der Waals surface area contributed by atoms with Gasteiger partial charge in [-0.3, -0.25) is 0 Å². The average Bonchev–Trinajstić information content (AvgIpc) is 2.92. The zero-order valence-corrected chi connectivity index (χ0v) is 14.4. The summed E-state index contributed by atoms with van der Waals surface area (Å²) < 4.78 is 18.2. The first-order valence-corrected chi connectivity index (χ1v) is 8.61. The van der Waals surface area contributed by atoms with E-state index >= 15 is 0 Å². The van der Waals surface area contributed by atoms with Gasteiger partial charge in [0.2, 0.25) is 0 Å². The minimum Gasteiger partial charge on any atom is -0.331 e. The zero-order chi connectivity index (χ0) is 15.3. The highest BCUT2D eigenvalue weighted by Crippen LogP contribution is 2.75. The molecule has 1 unspecified atom stereocenters. The molecule has 1 aliphatic heterocycles. The molecule has 1 heterocycles. The molecule has 1 saturated heterocycles. The Morgan fingerprint density at radius 1 is 1.00 bits per heavy atom. The Hall–Kier alpha value is -0.120. The standard InChI is InChI=1S/C18H30O3/c1-11-7-8-12-15(2,3)13-9-18(11,12)10-14-16(13,4)21-17(5,19-6)20-14/h11-14H,7-10H2,1-6H3/t11-,12+,13-,14+,16-,17?,18-/m1/s1. The van der Waals surface area contributed by atoms with Crippen molar-refractivity contribution < 1.29 is 14.2 Å². The van der Waals surface area contributed by atoms with Crippen LogP contribution in [-0.4, -0.2) is 24.8 Å². The van der Waals surface area contributed by atoms with E-state index in [1.807, 2.05) is 6.92 Å². The summed E-state index contributed by atoms with van der Waals surface area (Å²) in [5.74, 6) is 1.34. The predicted octanol–water partition coefficient (Wildman–Crippen LogP) is 3.96. The van der Waals surface area contributed by atoms with E-state index in [1.165, 1.54) is 19.3 Å². The second-order valence-corrected chi connectivity index (χ2v) is 9.01. The molecule has 0 N–H and O–H groups in total. The molecular formula is C18H30O3. The lowest BCUT2D eigenvalue weighted by Gasteiger charge is -2.46. The number of rotatable bonds is 1. The summed E-state index contributed by atoms with van der Waals surface area (Å²) in [7, 11) is 1.68. The fourth-order valence-corrected chi connectivity index (χ4v) is 6.88. The highest BCUT2D eigenvalue weighted by atomic mass is 16.9. The van der Waals surface area contributed by atoms with Crippen molar-refractivity contribution in [2.24, 2.45) is 28.6 Å². The van der Waals surface area contributed by atoms with Crippen LogP contribution in [0.2, 0.25) is 0 Å². The van der Waals surface area contributed by atoms with Gasteiger partial charge in [0.15, 0.2) is 0 Å². The van der Waals surface area contributed by atoms with Crippen LogP contribution in [0.15, 0.2) is 0 Å². The fraction of sp³-hybridized carbons (Fsp3) is 1.00. The average molecular weight is 294 g/mol. The molecule has 1 spiro atoms. The quantitative estimate of drug-likeness (QED) is 0.732. The first kappa shape index (κ1) is 14.5. The first-order chi connectivity index (χ1) is 9.68. The molecule has 3 heteroatoms. The number of fused-ring (bicyclic) bond motifs is 3. The van der Waals surface area contributed by atoms with Gasteiger partial charge in [0.05, 0.1) is 6.10 Å². The van der Waals surface area contributed by atoms with Gasteiger partial charge in [0, 0.05) is 14.0 Å². The zero-order valence-electron chi connectivity index (χ0n) is 14.4. The minimum absolute atomic E-state index is 0.172. The molecule has 4 aliphatic rings. The molecule has 4 rings (SSSR count). The van der Waals surface area contributed by atoms with Gasteiger partial charge in [0.1, 0.15) is 5.60 Å². The predicted molar refractivity (Wildman–Crippen MR) is 80.6 cm³/mol. The second kappa shape index (κ2) is 3.85. The third-order valence-electron chi connectivity index (χ3n) is 7.97. The van der Waals surface area contributed by atoms with E-state index in [0.29, 0.717) is 16.7 Å². The molecule has 3 nitrogen and oxygen atoms in total. The third kappa shape index (κ3) is 1.51. The Labute approximate surface area is 128 Å². The van der Waals surface area contributed by atoms with Crippen molar-refractivity contribution in [1.29, 1.82) is 0 Å². The summed E-state index contributed by atoms with van der Waals surface area (Å²) in [6, 6.07) is 0. The number of hydrogen-bond donors (Lipinski definition) is 0. The molecule has 7 atom stereocenters. The van der Waals surface area contributed by atoms with Gasteiger partial charge < -0.3 is 14.2 Å². The Balaban J connectivity index is 1.79. The van der Waals surface area contributed by atoms with Gasteiger partial charge in [0.25, 0.3) is 5.97 Å². The molecular weight excluding hydrogens is 264 g/mol. The number of hydrogen-bond acceptors (Lipinski definition) is 3. The van der Waals surface area contributed by atoms with Crippen LogP contribution in [-0.2, 0) is 14.2 Å². The van der Waals surface area contributed by atoms with Gasteiger partial charge >= 0.3 is 0 Å². The molecule has 120 valence electrons. The Morgan fingerprint density at radius 3 is 2.38 bits per heavy atom. The smallest absolute Gasteiger partial charge is 0.280 e. The lowest BCUT2D eigenvalue weighted by Crippen LogP contribution is -2.52. The van der Waals surface area contributed by atoms with Gasteiger partial charge in [-0.2, -0.15) is 0 Å². The maximum absolute atomic E-state index is 6.41. The van der Waals surface area contributed by atoms with Gasteiger partial charge in [-0.25, -0.2) is 0 Å². The van der Waals surface area contributed by atoms with E-state index in [0.717, 1.165) is 18.3 Å². The summed E-state index contributed by atoms with van der Waals surface area (Å²) >= 11 is 0.